The number of hydrogen-bond donors (Lipinski definition) is 1. The van der Waals surface area contributed by atoms with Crippen molar-refractivity contribution in [3.05, 3.63) is 20.3 Å². The molecule has 1 aliphatic rings. The Hall–Kier alpha value is -0.300. The molecule has 1 aliphatic heterocycles. The van der Waals surface area contributed by atoms with Crippen LogP contribution in [0, 0.1) is 3.57 Å². The predicted octanol–water partition coefficient (Wildman–Crippen LogP) is 3.14. The quantitative estimate of drug-likeness (QED) is 0.632. The summed E-state index contributed by atoms with van der Waals surface area (Å²) in [6.07, 6.45) is 7.17. The van der Waals surface area contributed by atoms with Crippen LogP contribution < -0.4 is 10.5 Å². The van der Waals surface area contributed by atoms with Crippen molar-refractivity contribution in [2.45, 2.75) is 50.4 Å². The first-order valence-corrected chi connectivity index (χ1v) is 8.25. The monoisotopic (exact) mass is 395 g/mol. The van der Waals surface area contributed by atoms with Crippen LogP contribution in [0.5, 0.6) is 0 Å². The molecule has 0 spiro atoms. The highest BCUT2D eigenvalue weighted by Crippen LogP contribution is 2.27. The number of alkyl halides is 1. The third kappa shape index (κ3) is 3.84. The van der Waals surface area contributed by atoms with Crippen LogP contribution in [0.25, 0.3) is 0 Å². The first-order valence-electron chi connectivity index (χ1n) is 6.73. The van der Waals surface area contributed by atoms with Gasteiger partial charge in [-0.25, -0.2) is 4.98 Å². The van der Waals surface area contributed by atoms with Gasteiger partial charge in [-0.05, 0) is 48.8 Å². The average molecular weight is 396 g/mol. The SMILES string of the molecule is CC(Cl)CC1CCCCCN1c1nc[nH]c(=O)c1I. The smallest absolute Gasteiger partial charge is 0.266 e. The molecular weight excluding hydrogens is 377 g/mol. The van der Waals surface area contributed by atoms with Gasteiger partial charge >= 0.3 is 0 Å². The molecule has 2 atom stereocenters. The highest BCUT2D eigenvalue weighted by Gasteiger charge is 2.25. The van der Waals surface area contributed by atoms with Gasteiger partial charge in [-0.15, -0.1) is 11.6 Å². The minimum Gasteiger partial charge on any atom is -0.352 e. The van der Waals surface area contributed by atoms with Crippen LogP contribution in [0.15, 0.2) is 11.1 Å². The van der Waals surface area contributed by atoms with Gasteiger partial charge in [0.1, 0.15) is 9.39 Å². The van der Waals surface area contributed by atoms with Crippen molar-refractivity contribution in [2.75, 3.05) is 11.4 Å². The molecule has 0 aromatic carbocycles. The van der Waals surface area contributed by atoms with E-state index in [1.807, 2.05) is 6.92 Å². The van der Waals surface area contributed by atoms with Crippen molar-refractivity contribution in [3.63, 3.8) is 0 Å². The molecule has 19 heavy (non-hydrogen) atoms. The second-order valence-corrected chi connectivity index (χ2v) is 6.91. The molecule has 2 rings (SSSR count). The zero-order valence-electron chi connectivity index (χ0n) is 11.0. The zero-order chi connectivity index (χ0) is 13.8. The average Bonchev–Trinajstić information content (AvgIpc) is 2.58. The third-order valence-corrected chi connectivity index (χ3v) is 4.67. The van der Waals surface area contributed by atoms with Gasteiger partial charge in [-0.2, -0.15) is 0 Å². The van der Waals surface area contributed by atoms with Crippen LogP contribution in [-0.4, -0.2) is 27.9 Å². The predicted molar refractivity (Wildman–Crippen MR) is 87.1 cm³/mol. The van der Waals surface area contributed by atoms with Gasteiger partial charge in [0.15, 0.2) is 0 Å². The number of nitrogens with zero attached hydrogens (tertiary/aromatic N) is 2. The van der Waals surface area contributed by atoms with E-state index in [2.05, 4.69) is 37.5 Å². The Kier molecular flexibility index (Phi) is 5.50. The van der Waals surface area contributed by atoms with Crippen LogP contribution in [0.2, 0.25) is 0 Å². The Labute approximate surface area is 132 Å². The molecule has 1 N–H and O–H groups in total. The van der Waals surface area contributed by atoms with Gasteiger partial charge in [-0.1, -0.05) is 12.8 Å². The summed E-state index contributed by atoms with van der Waals surface area (Å²) < 4.78 is 0.675. The second kappa shape index (κ2) is 6.92. The molecule has 0 radical (unpaired) electrons. The summed E-state index contributed by atoms with van der Waals surface area (Å²) in [6.45, 7) is 2.99. The van der Waals surface area contributed by atoms with Crippen molar-refractivity contribution >= 4 is 40.0 Å². The number of anilines is 1. The third-order valence-electron chi connectivity index (χ3n) is 3.52. The summed E-state index contributed by atoms with van der Waals surface area (Å²) >= 11 is 8.25. The van der Waals surface area contributed by atoms with Gasteiger partial charge in [0, 0.05) is 18.0 Å². The number of hydrogen-bond acceptors (Lipinski definition) is 3. The van der Waals surface area contributed by atoms with Crippen molar-refractivity contribution in [1.29, 1.82) is 0 Å². The normalized spacial score (nSPS) is 22.1. The van der Waals surface area contributed by atoms with Gasteiger partial charge in [0.25, 0.3) is 5.56 Å². The minimum absolute atomic E-state index is 0.0625. The molecule has 4 nitrogen and oxygen atoms in total. The van der Waals surface area contributed by atoms with E-state index in [1.54, 1.807) is 0 Å². The van der Waals surface area contributed by atoms with Crippen LogP contribution in [0.3, 0.4) is 0 Å². The van der Waals surface area contributed by atoms with Gasteiger partial charge in [0.2, 0.25) is 0 Å². The summed E-state index contributed by atoms with van der Waals surface area (Å²) in [4.78, 5) is 21.0. The van der Waals surface area contributed by atoms with Crippen molar-refractivity contribution < 1.29 is 0 Å². The largest absolute Gasteiger partial charge is 0.352 e. The van der Waals surface area contributed by atoms with E-state index in [0.29, 0.717) is 9.61 Å². The lowest BCUT2D eigenvalue weighted by Crippen LogP contribution is -2.38. The number of halogens is 2. The molecule has 2 unspecified atom stereocenters. The molecule has 0 saturated carbocycles. The van der Waals surface area contributed by atoms with Gasteiger partial charge < -0.3 is 9.88 Å². The minimum atomic E-state index is -0.0625. The second-order valence-electron chi connectivity index (χ2n) is 5.08. The fourth-order valence-electron chi connectivity index (χ4n) is 2.65. The lowest BCUT2D eigenvalue weighted by molar-refractivity contribution is 0.526. The topological polar surface area (TPSA) is 49.0 Å². The van der Waals surface area contributed by atoms with Crippen LogP contribution in [-0.2, 0) is 0 Å². The number of H-pyrrole nitrogens is 1. The Bertz CT molecular complexity index is 477. The Morgan fingerprint density at radius 3 is 3.11 bits per heavy atom. The molecule has 1 fully saturated rings. The maximum atomic E-state index is 11.7. The summed E-state index contributed by atoms with van der Waals surface area (Å²) in [5, 5.41) is 0.144. The van der Waals surface area contributed by atoms with E-state index in [0.717, 1.165) is 31.6 Å². The maximum Gasteiger partial charge on any atom is 0.266 e. The lowest BCUT2D eigenvalue weighted by Gasteiger charge is -2.32. The highest BCUT2D eigenvalue weighted by molar-refractivity contribution is 14.1. The Morgan fingerprint density at radius 2 is 2.37 bits per heavy atom. The van der Waals surface area contributed by atoms with E-state index >= 15 is 0 Å². The molecule has 6 heteroatoms. The fourth-order valence-corrected chi connectivity index (χ4v) is 3.46. The van der Waals surface area contributed by atoms with E-state index in [-0.39, 0.29) is 10.9 Å². The lowest BCUT2D eigenvalue weighted by atomic mass is 10.0. The fraction of sp³-hybridized carbons (Fsp3) is 0.692. The molecule has 1 saturated heterocycles. The molecule has 0 aliphatic carbocycles. The first-order chi connectivity index (χ1) is 9.09. The Balaban J connectivity index is 2.31. The number of aromatic nitrogens is 2. The molecule has 2 heterocycles. The summed E-state index contributed by atoms with van der Waals surface area (Å²) in [5.74, 6) is 0.813. The molecule has 1 aromatic rings. The number of rotatable bonds is 3. The Morgan fingerprint density at radius 1 is 1.58 bits per heavy atom. The van der Waals surface area contributed by atoms with E-state index < -0.39 is 0 Å². The van der Waals surface area contributed by atoms with Gasteiger partial charge in [0.05, 0.1) is 6.33 Å². The first kappa shape index (κ1) is 15.1. The van der Waals surface area contributed by atoms with Gasteiger partial charge in [-0.3, -0.25) is 4.79 Å². The summed E-state index contributed by atoms with van der Waals surface area (Å²) in [6, 6.07) is 0.387. The van der Waals surface area contributed by atoms with E-state index in [4.69, 9.17) is 11.6 Å². The van der Waals surface area contributed by atoms with Crippen LogP contribution in [0.4, 0.5) is 5.82 Å². The van der Waals surface area contributed by atoms with Crippen LogP contribution in [0.1, 0.15) is 39.0 Å². The number of aromatic amines is 1. The van der Waals surface area contributed by atoms with E-state index in [1.165, 1.54) is 19.2 Å². The van der Waals surface area contributed by atoms with E-state index in [9.17, 15) is 4.79 Å². The van der Waals surface area contributed by atoms with Crippen LogP contribution >= 0.6 is 34.2 Å². The molecule has 0 amide bonds. The van der Waals surface area contributed by atoms with Crippen molar-refractivity contribution in [2.24, 2.45) is 0 Å². The standard InChI is InChI=1S/C13H19ClIN3O/c1-9(14)7-10-5-3-2-4-6-18(10)12-11(15)13(19)17-8-16-12/h8-10H,2-7H2,1H3,(H,16,17,19). The summed E-state index contributed by atoms with van der Waals surface area (Å²) in [5.41, 5.74) is -0.0625. The molecule has 106 valence electrons. The molecule has 1 aromatic heterocycles. The molecular formula is C13H19ClIN3O. The maximum absolute atomic E-state index is 11.7. The van der Waals surface area contributed by atoms with Crippen molar-refractivity contribution in [3.8, 4) is 0 Å². The summed E-state index contributed by atoms with van der Waals surface area (Å²) in [7, 11) is 0. The highest BCUT2D eigenvalue weighted by atomic mass is 127. The van der Waals surface area contributed by atoms with Crippen molar-refractivity contribution in [1.82, 2.24) is 9.97 Å². The molecule has 0 bridgehead atoms. The zero-order valence-corrected chi connectivity index (χ0v) is 13.9. The number of nitrogens with one attached hydrogen (secondary N) is 1.